The lowest BCUT2D eigenvalue weighted by atomic mass is 10.3. The van der Waals surface area contributed by atoms with Crippen molar-refractivity contribution in [2.24, 2.45) is 5.73 Å². The number of rotatable bonds is 4. The van der Waals surface area contributed by atoms with Gasteiger partial charge in [0.1, 0.15) is 18.4 Å². The first-order chi connectivity index (χ1) is 7.13. The first-order valence-corrected chi connectivity index (χ1v) is 4.73. The van der Waals surface area contributed by atoms with Gasteiger partial charge < -0.3 is 15.2 Å². The molecule has 15 heavy (non-hydrogen) atoms. The van der Waals surface area contributed by atoms with Crippen LogP contribution < -0.4 is 10.5 Å². The molecule has 2 N–H and O–H groups in total. The second kappa shape index (κ2) is 5.58. The molecule has 0 bridgehead atoms. The molecule has 0 aliphatic heterocycles. The van der Waals surface area contributed by atoms with Crippen LogP contribution >= 0.6 is 11.6 Å². The number of halogens is 1. The van der Waals surface area contributed by atoms with E-state index in [0.717, 1.165) is 0 Å². The Bertz CT molecular complexity index is 326. The van der Waals surface area contributed by atoms with Crippen molar-refractivity contribution in [1.82, 2.24) is 0 Å². The third-order valence-electron chi connectivity index (χ3n) is 1.75. The minimum atomic E-state index is -0.773. The van der Waals surface area contributed by atoms with Crippen LogP contribution in [0.3, 0.4) is 0 Å². The maximum atomic E-state index is 10.9. The van der Waals surface area contributed by atoms with Gasteiger partial charge in [0.15, 0.2) is 0 Å². The molecule has 0 aromatic heterocycles. The number of ether oxygens (including phenoxy) is 2. The summed E-state index contributed by atoms with van der Waals surface area (Å²) < 4.78 is 9.72. The maximum Gasteiger partial charge on any atom is 0.326 e. The van der Waals surface area contributed by atoms with E-state index in [9.17, 15) is 4.79 Å². The summed E-state index contributed by atoms with van der Waals surface area (Å²) in [5.41, 5.74) is 5.48. The molecule has 0 saturated heterocycles. The van der Waals surface area contributed by atoms with Gasteiger partial charge >= 0.3 is 5.97 Å². The van der Waals surface area contributed by atoms with Gasteiger partial charge in [0.05, 0.1) is 7.11 Å². The van der Waals surface area contributed by atoms with Gasteiger partial charge in [-0.1, -0.05) is 11.6 Å². The minimum Gasteiger partial charge on any atom is -0.491 e. The van der Waals surface area contributed by atoms with E-state index < -0.39 is 12.0 Å². The predicted molar refractivity (Wildman–Crippen MR) is 56.9 cm³/mol. The summed E-state index contributed by atoms with van der Waals surface area (Å²) in [6.07, 6.45) is 0. The Labute approximate surface area is 92.9 Å². The fourth-order valence-electron chi connectivity index (χ4n) is 0.936. The van der Waals surface area contributed by atoms with E-state index in [1.165, 1.54) is 7.11 Å². The molecule has 1 aromatic carbocycles. The normalized spacial score (nSPS) is 11.9. The van der Waals surface area contributed by atoms with Gasteiger partial charge in [0, 0.05) is 5.02 Å². The number of hydrogen-bond acceptors (Lipinski definition) is 4. The van der Waals surface area contributed by atoms with Crippen LogP contribution in [0.5, 0.6) is 5.75 Å². The van der Waals surface area contributed by atoms with E-state index in [1.54, 1.807) is 24.3 Å². The van der Waals surface area contributed by atoms with E-state index in [2.05, 4.69) is 4.74 Å². The summed E-state index contributed by atoms with van der Waals surface area (Å²) in [6.45, 7) is 0.0777. The molecule has 0 aliphatic rings. The number of nitrogens with two attached hydrogens (primary N) is 1. The molecule has 0 spiro atoms. The SMILES string of the molecule is COC(=O)[C@@H](N)COc1ccc(Cl)cc1. The highest BCUT2D eigenvalue weighted by atomic mass is 35.5. The molecule has 0 aliphatic carbocycles. The lowest BCUT2D eigenvalue weighted by Gasteiger charge is -2.10. The second-order valence-corrected chi connectivity index (χ2v) is 3.33. The number of esters is 1. The van der Waals surface area contributed by atoms with E-state index in [-0.39, 0.29) is 6.61 Å². The highest BCUT2D eigenvalue weighted by Crippen LogP contribution is 2.15. The lowest BCUT2D eigenvalue weighted by molar-refractivity contribution is -0.142. The van der Waals surface area contributed by atoms with Crippen LogP contribution in [0.1, 0.15) is 0 Å². The fourth-order valence-corrected chi connectivity index (χ4v) is 1.06. The highest BCUT2D eigenvalue weighted by Gasteiger charge is 2.13. The summed E-state index contributed by atoms with van der Waals surface area (Å²) in [5, 5.41) is 0.625. The molecule has 1 rings (SSSR count). The van der Waals surface area contributed by atoms with Gasteiger partial charge in [-0.3, -0.25) is 4.79 Å². The molecule has 0 amide bonds. The van der Waals surface area contributed by atoms with E-state index in [0.29, 0.717) is 10.8 Å². The van der Waals surface area contributed by atoms with Crippen molar-refractivity contribution >= 4 is 17.6 Å². The maximum absolute atomic E-state index is 10.9. The number of methoxy groups -OCH3 is 1. The van der Waals surface area contributed by atoms with Crippen molar-refractivity contribution < 1.29 is 14.3 Å². The van der Waals surface area contributed by atoms with Crippen LogP contribution in [0.15, 0.2) is 24.3 Å². The summed E-state index contributed by atoms with van der Waals surface area (Å²) in [5.74, 6) is 0.114. The van der Waals surface area contributed by atoms with E-state index in [4.69, 9.17) is 22.1 Å². The second-order valence-electron chi connectivity index (χ2n) is 2.89. The zero-order chi connectivity index (χ0) is 11.3. The first kappa shape index (κ1) is 11.8. The quantitative estimate of drug-likeness (QED) is 0.789. The van der Waals surface area contributed by atoms with Gasteiger partial charge in [-0.25, -0.2) is 0 Å². The molecular formula is C10H12ClNO3. The molecule has 0 heterocycles. The number of benzene rings is 1. The zero-order valence-corrected chi connectivity index (χ0v) is 9.03. The Morgan fingerprint density at radius 1 is 1.47 bits per heavy atom. The van der Waals surface area contributed by atoms with Crippen molar-refractivity contribution in [2.45, 2.75) is 6.04 Å². The molecule has 0 fully saturated rings. The van der Waals surface area contributed by atoms with Gasteiger partial charge in [0.25, 0.3) is 0 Å². The Morgan fingerprint density at radius 2 is 2.07 bits per heavy atom. The van der Waals surface area contributed by atoms with Crippen LogP contribution in [0, 0.1) is 0 Å². The zero-order valence-electron chi connectivity index (χ0n) is 8.27. The van der Waals surface area contributed by atoms with Crippen molar-refractivity contribution in [2.75, 3.05) is 13.7 Å². The molecule has 1 atom stereocenters. The Hall–Kier alpha value is -1.26. The Kier molecular flexibility index (Phi) is 4.39. The largest absolute Gasteiger partial charge is 0.491 e. The van der Waals surface area contributed by atoms with E-state index in [1.807, 2.05) is 0 Å². The summed E-state index contributed by atoms with van der Waals surface area (Å²) in [7, 11) is 1.28. The van der Waals surface area contributed by atoms with Crippen molar-refractivity contribution in [3.05, 3.63) is 29.3 Å². The van der Waals surface area contributed by atoms with E-state index >= 15 is 0 Å². The highest BCUT2D eigenvalue weighted by molar-refractivity contribution is 6.30. The van der Waals surface area contributed by atoms with Crippen LogP contribution in [0.4, 0.5) is 0 Å². The van der Waals surface area contributed by atoms with Crippen LogP contribution in [-0.2, 0) is 9.53 Å². The molecule has 0 saturated carbocycles. The minimum absolute atomic E-state index is 0.0777. The number of carbonyl (C=O) groups is 1. The van der Waals surface area contributed by atoms with Crippen molar-refractivity contribution in [3.63, 3.8) is 0 Å². The third kappa shape index (κ3) is 3.77. The molecular weight excluding hydrogens is 218 g/mol. The van der Waals surface area contributed by atoms with Crippen LogP contribution in [0.25, 0.3) is 0 Å². The average molecular weight is 230 g/mol. The lowest BCUT2D eigenvalue weighted by Crippen LogP contribution is -2.37. The molecule has 4 nitrogen and oxygen atoms in total. The van der Waals surface area contributed by atoms with Gasteiger partial charge in [-0.05, 0) is 24.3 Å². The monoisotopic (exact) mass is 229 g/mol. The van der Waals surface area contributed by atoms with Crippen molar-refractivity contribution in [1.29, 1.82) is 0 Å². The number of carbonyl (C=O) groups excluding carboxylic acids is 1. The molecule has 1 aromatic rings. The Morgan fingerprint density at radius 3 is 2.60 bits per heavy atom. The first-order valence-electron chi connectivity index (χ1n) is 4.35. The summed E-state index contributed by atoms with van der Waals surface area (Å²) in [6, 6.07) is 6.02. The molecule has 0 unspecified atom stereocenters. The number of hydrogen-bond donors (Lipinski definition) is 1. The van der Waals surface area contributed by atoms with Gasteiger partial charge in [-0.15, -0.1) is 0 Å². The predicted octanol–water partition coefficient (Wildman–Crippen LogP) is 1.22. The summed E-state index contributed by atoms with van der Waals surface area (Å²) in [4.78, 5) is 10.9. The molecule has 0 radical (unpaired) electrons. The molecule has 5 heteroatoms. The Balaban J connectivity index is 2.43. The topological polar surface area (TPSA) is 61.5 Å². The fraction of sp³-hybridized carbons (Fsp3) is 0.300. The average Bonchev–Trinajstić information content (AvgIpc) is 2.26. The van der Waals surface area contributed by atoms with Gasteiger partial charge in [-0.2, -0.15) is 0 Å². The van der Waals surface area contributed by atoms with Crippen LogP contribution in [0.2, 0.25) is 5.02 Å². The third-order valence-corrected chi connectivity index (χ3v) is 2.00. The van der Waals surface area contributed by atoms with Crippen LogP contribution in [-0.4, -0.2) is 25.7 Å². The standard InChI is InChI=1S/C10H12ClNO3/c1-14-10(13)9(12)6-15-8-4-2-7(11)3-5-8/h2-5,9H,6,12H2,1H3/t9-/m0/s1. The van der Waals surface area contributed by atoms with Gasteiger partial charge in [0.2, 0.25) is 0 Å². The van der Waals surface area contributed by atoms with Crippen molar-refractivity contribution in [3.8, 4) is 5.75 Å². The molecule has 82 valence electrons. The summed E-state index contributed by atoms with van der Waals surface area (Å²) >= 11 is 5.69. The smallest absolute Gasteiger partial charge is 0.326 e.